The summed E-state index contributed by atoms with van der Waals surface area (Å²) in [5.41, 5.74) is 0.531. The maximum atomic E-state index is 11.2. The third kappa shape index (κ3) is 3.47. The zero-order valence-corrected chi connectivity index (χ0v) is 10.8. The highest BCUT2D eigenvalue weighted by Crippen LogP contribution is 2.32. The van der Waals surface area contributed by atoms with Gasteiger partial charge in [-0.3, -0.25) is 4.79 Å². The molecule has 18 heavy (non-hydrogen) atoms. The van der Waals surface area contributed by atoms with Crippen molar-refractivity contribution in [1.82, 2.24) is 0 Å². The SMILES string of the molecule is CCCCC(C(=O)O)C(O)c1ccccc1OC. The van der Waals surface area contributed by atoms with Crippen molar-refractivity contribution < 1.29 is 19.7 Å². The van der Waals surface area contributed by atoms with Gasteiger partial charge in [-0.15, -0.1) is 0 Å². The molecule has 1 aromatic rings. The highest BCUT2D eigenvalue weighted by Gasteiger charge is 2.28. The molecule has 0 aromatic heterocycles. The van der Waals surface area contributed by atoms with E-state index in [4.69, 9.17) is 4.74 Å². The summed E-state index contributed by atoms with van der Waals surface area (Å²) in [6.07, 6.45) is 1.11. The lowest BCUT2D eigenvalue weighted by molar-refractivity contribution is -0.146. The van der Waals surface area contributed by atoms with Crippen LogP contribution >= 0.6 is 0 Å². The van der Waals surface area contributed by atoms with Crippen LogP contribution in [0.25, 0.3) is 0 Å². The number of carbonyl (C=O) groups is 1. The number of rotatable bonds is 7. The molecule has 0 heterocycles. The van der Waals surface area contributed by atoms with E-state index in [0.717, 1.165) is 12.8 Å². The van der Waals surface area contributed by atoms with Gasteiger partial charge in [-0.25, -0.2) is 0 Å². The fourth-order valence-electron chi connectivity index (χ4n) is 1.97. The van der Waals surface area contributed by atoms with Crippen LogP contribution in [0.2, 0.25) is 0 Å². The summed E-state index contributed by atoms with van der Waals surface area (Å²) < 4.78 is 5.15. The number of hydrogen-bond donors (Lipinski definition) is 2. The van der Waals surface area contributed by atoms with Crippen LogP contribution in [-0.2, 0) is 4.79 Å². The predicted octanol–water partition coefficient (Wildman–Crippen LogP) is 2.62. The quantitative estimate of drug-likeness (QED) is 0.782. The number of aliphatic hydroxyl groups is 1. The van der Waals surface area contributed by atoms with Crippen molar-refractivity contribution in [3.63, 3.8) is 0 Å². The Bertz CT molecular complexity index is 389. The Labute approximate surface area is 107 Å². The van der Waals surface area contributed by atoms with E-state index in [2.05, 4.69) is 0 Å². The Kier molecular flexibility index (Phi) is 5.65. The van der Waals surface area contributed by atoms with Crippen molar-refractivity contribution in [1.29, 1.82) is 0 Å². The number of carboxylic acid groups (broad SMARTS) is 1. The Morgan fingerprint density at radius 3 is 2.61 bits per heavy atom. The van der Waals surface area contributed by atoms with E-state index < -0.39 is 18.0 Å². The second kappa shape index (κ2) is 7.01. The van der Waals surface area contributed by atoms with E-state index >= 15 is 0 Å². The smallest absolute Gasteiger partial charge is 0.309 e. The van der Waals surface area contributed by atoms with Crippen molar-refractivity contribution in [2.24, 2.45) is 5.92 Å². The fraction of sp³-hybridized carbons (Fsp3) is 0.500. The van der Waals surface area contributed by atoms with Crippen LogP contribution in [0.5, 0.6) is 5.75 Å². The molecule has 0 bridgehead atoms. The Balaban J connectivity index is 2.94. The molecule has 0 saturated carbocycles. The zero-order valence-electron chi connectivity index (χ0n) is 10.8. The molecule has 0 fully saturated rings. The third-order valence-corrected chi connectivity index (χ3v) is 3.02. The maximum absolute atomic E-state index is 11.2. The molecule has 1 aromatic carbocycles. The first kappa shape index (κ1) is 14.5. The number of ether oxygens (including phenoxy) is 1. The first-order chi connectivity index (χ1) is 8.61. The normalized spacial score (nSPS) is 13.9. The van der Waals surface area contributed by atoms with E-state index in [9.17, 15) is 15.0 Å². The largest absolute Gasteiger partial charge is 0.496 e. The Morgan fingerprint density at radius 1 is 1.39 bits per heavy atom. The van der Waals surface area contributed by atoms with Gasteiger partial charge < -0.3 is 14.9 Å². The van der Waals surface area contributed by atoms with Crippen molar-refractivity contribution in [3.05, 3.63) is 29.8 Å². The standard InChI is InChI=1S/C14H20O4/c1-3-4-7-11(14(16)17)13(15)10-8-5-6-9-12(10)18-2/h5-6,8-9,11,13,15H,3-4,7H2,1-2H3,(H,16,17). The molecule has 0 aliphatic carbocycles. The van der Waals surface area contributed by atoms with Gasteiger partial charge in [0.15, 0.2) is 0 Å². The lowest BCUT2D eigenvalue weighted by Gasteiger charge is -2.21. The molecule has 100 valence electrons. The molecular weight excluding hydrogens is 232 g/mol. The average Bonchev–Trinajstić information content (AvgIpc) is 2.38. The Morgan fingerprint density at radius 2 is 2.06 bits per heavy atom. The number of benzene rings is 1. The molecule has 0 radical (unpaired) electrons. The van der Waals surface area contributed by atoms with E-state index in [0.29, 0.717) is 17.7 Å². The van der Waals surface area contributed by atoms with Gasteiger partial charge in [-0.2, -0.15) is 0 Å². The zero-order chi connectivity index (χ0) is 13.5. The molecule has 2 unspecified atom stereocenters. The summed E-state index contributed by atoms with van der Waals surface area (Å²) in [5, 5.41) is 19.4. The topological polar surface area (TPSA) is 66.8 Å². The van der Waals surface area contributed by atoms with Gasteiger partial charge >= 0.3 is 5.97 Å². The van der Waals surface area contributed by atoms with Crippen molar-refractivity contribution in [3.8, 4) is 5.75 Å². The predicted molar refractivity (Wildman–Crippen MR) is 68.6 cm³/mol. The van der Waals surface area contributed by atoms with Gasteiger partial charge in [0.05, 0.1) is 19.1 Å². The van der Waals surface area contributed by atoms with Gasteiger partial charge in [-0.05, 0) is 12.5 Å². The Hall–Kier alpha value is -1.55. The number of hydrogen-bond acceptors (Lipinski definition) is 3. The number of carboxylic acids is 1. The van der Waals surface area contributed by atoms with Gasteiger partial charge in [0.25, 0.3) is 0 Å². The minimum absolute atomic E-state index is 0.463. The molecule has 0 amide bonds. The molecule has 2 atom stereocenters. The number of aliphatic carboxylic acids is 1. The number of aliphatic hydroxyl groups excluding tert-OH is 1. The summed E-state index contributed by atoms with van der Waals surface area (Å²) in [6.45, 7) is 1.99. The molecule has 2 N–H and O–H groups in total. The van der Waals surface area contributed by atoms with Crippen LogP contribution in [0, 0.1) is 5.92 Å². The average molecular weight is 252 g/mol. The second-order valence-corrected chi connectivity index (χ2v) is 4.27. The van der Waals surface area contributed by atoms with Crippen LogP contribution in [0.3, 0.4) is 0 Å². The summed E-state index contributed by atoms with van der Waals surface area (Å²) in [7, 11) is 1.51. The first-order valence-corrected chi connectivity index (χ1v) is 6.15. The lowest BCUT2D eigenvalue weighted by Crippen LogP contribution is -2.22. The summed E-state index contributed by atoms with van der Waals surface area (Å²) in [5.74, 6) is -1.24. The monoisotopic (exact) mass is 252 g/mol. The van der Waals surface area contributed by atoms with E-state index in [1.807, 2.05) is 6.92 Å². The molecular formula is C14H20O4. The number of unbranched alkanes of at least 4 members (excludes halogenated alkanes) is 1. The van der Waals surface area contributed by atoms with E-state index in [1.54, 1.807) is 24.3 Å². The van der Waals surface area contributed by atoms with Crippen molar-refractivity contribution >= 4 is 5.97 Å². The molecule has 1 rings (SSSR count). The van der Waals surface area contributed by atoms with Crippen LogP contribution in [-0.4, -0.2) is 23.3 Å². The van der Waals surface area contributed by atoms with Crippen LogP contribution < -0.4 is 4.74 Å². The molecule has 0 spiro atoms. The third-order valence-electron chi connectivity index (χ3n) is 3.02. The van der Waals surface area contributed by atoms with Crippen LogP contribution in [0.1, 0.15) is 37.9 Å². The van der Waals surface area contributed by atoms with Crippen molar-refractivity contribution in [2.75, 3.05) is 7.11 Å². The van der Waals surface area contributed by atoms with Gasteiger partial charge in [0.2, 0.25) is 0 Å². The molecule has 4 nitrogen and oxygen atoms in total. The highest BCUT2D eigenvalue weighted by molar-refractivity contribution is 5.71. The summed E-state index contributed by atoms with van der Waals surface area (Å²) in [4.78, 5) is 11.2. The number of para-hydroxylation sites is 1. The van der Waals surface area contributed by atoms with Crippen molar-refractivity contribution in [2.45, 2.75) is 32.3 Å². The van der Waals surface area contributed by atoms with Gasteiger partial charge in [0.1, 0.15) is 5.75 Å². The van der Waals surface area contributed by atoms with E-state index in [-0.39, 0.29) is 0 Å². The van der Waals surface area contributed by atoms with E-state index in [1.165, 1.54) is 7.11 Å². The van der Waals surface area contributed by atoms with Gasteiger partial charge in [-0.1, -0.05) is 38.0 Å². The van der Waals surface area contributed by atoms with Crippen LogP contribution in [0.15, 0.2) is 24.3 Å². The molecule has 0 aliphatic heterocycles. The molecule has 0 saturated heterocycles. The minimum atomic E-state index is -1.04. The summed E-state index contributed by atoms with van der Waals surface area (Å²) in [6, 6.07) is 6.97. The number of methoxy groups -OCH3 is 1. The minimum Gasteiger partial charge on any atom is -0.496 e. The molecule has 4 heteroatoms. The lowest BCUT2D eigenvalue weighted by atomic mass is 9.91. The summed E-state index contributed by atoms with van der Waals surface area (Å²) >= 11 is 0. The highest BCUT2D eigenvalue weighted by atomic mass is 16.5. The van der Waals surface area contributed by atoms with Crippen LogP contribution in [0.4, 0.5) is 0 Å². The first-order valence-electron chi connectivity index (χ1n) is 6.15. The van der Waals surface area contributed by atoms with Gasteiger partial charge in [0, 0.05) is 5.56 Å². The maximum Gasteiger partial charge on any atom is 0.309 e. The fourth-order valence-corrected chi connectivity index (χ4v) is 1.97. The molecule has 0 aliphatic rings. The second-order valence-electron chi connectivity index (χ2n) is 4.27.